The van der Waals surface area contributed by atoms with Gasteiger partial charge in [0, 0.05) is 21.3 Å². The van der Waals surface area contributed by atoms with E-state index in [1.807, 2.05) is 54.6 Å². The van der Waals surface area contributed by atoms with E-state index in [9.17, 15) is 4.79 Å². The predicted molar refractivity (Wildman–Crippen MR) is 133 cm³/mol. The van der Waals surface area contributed by atoms with Crippen LogP contribution in [0.3, 0.4) is 0 Å². The highest BCUT2D eigenvalue weighted by Gasteiger charge is 2.14. The van der Waals surface area contributed by atoms with Gasteiger partial charge in [0.05, 0.1) is 11.6 Å². The Hall–Kier alpha value is -3.16. The van der Waals surface area contributed by atoms with E-state index in [1.54, 1.807) is 25.3 Å². The van der Waals surface area contributed by atoms with Gasteiger partial charge in [-0.05, 0) is 75.2 Å². The van der Waals surface area contributed by atoms with Gasteiger partial charge in [-0.25, -0.2) is 4.98 Å². The summed E-state index contributed by atoms with van der Waals surface area (Å²) in [5.74, 6) is 1.04. The lowest BCUT2D eigenvalue weighted by Gasteiger charge is -2.09. The molecule has 0 radical (unpaired) electrons. The van der Waals surface area contributed by atoms with Gasteiger partial charge >= 0.3 is 0 Å². The number of hydrogen-bond donors (Lipinski definition) is 1. The first kappa shape index (κ1) is 20.7. The van der Waals surface area contributed by atoms with Crippen LogP contribution in [0.25, 0.3) is 33.3 Å². The van der Waals surface area contributed by atoms with Crippen LogP contribution in [0.15, 0.2) is 86.2 Å². The molecule has 1 N–H and O–H groups in total. The summed E-state index contributed by atoms with van der Waals surface area (Å²) >= 11 is 7.03. The number of carbonyl (C=O) groups excluding carboxylic acids is 1. The van der Waals surface area contributed by atoms with Gasteiger partial charge < -0.3 is 14.5 Å². The molecule has 0 unspecified atom stereocenters. The van der Waals surface area contributed by atoms with Crippen LogP contribution < -0.4 is 10.1 Å². The number of nitrogens with zero attached hydrogens (tertiary/aromatic N) is 1. The first-order valence-electron chi connectivity index (χ1n) is 9.76. The zero-order chi connectivity index (χ0) is 22.2. The molecule has 0 bridgehead atoms. The molecular weight excluding hydrogens is 536 g/mol. The van der Waals surface area contributed by atoms with Crippen molar-refractivity contribution < 1.29 is 13.9 Å². The van der Waals surface area contributed by atoms with E-state index in [1.165, 1.54) is 0 Å². The lowest BCUT2D eigenvalue weighted by molar-refractivity contribution is 0.102. The number of anilines is 1. The Labute approximate surface area is 200 Å². The third kappa shape index (κ3) is 3.78. The fourth-order valence-corrected chi connectivity index (χ4v) is 4.64. The molecule has 0 aliphatic carbocycles. The van der Waals surface area contributed by atoms with Gasteiger partial charge in [0.1, 0.15) is 11.3 Å². The van der Waals surface area contributed by atoms with Crippen LogP contribution >= 0.6 is 31.9 Å². The number of oxazole rings is 1. The average Bonchev–Trinajstić information content (AvgIpc) is 3.22. The fourth-order valence-electron chi connectivity index (χ4n) is 3.60. The summed E-state index contributed by atoms with van der Waals surface area (Å²) in [5.41, 5.74) is 3.36. The Kier molecular flexibility index (Phi) is 5.45. The maximum Gasteiger partial charge on any atom is 0.256 e. The Morgan fingerprint density at radius 1 is 0.938 bits per heavy atom. The zero-order valence-electron chi connectivity index (χ0n) is 16.9. The highest BCUT2D eigenvalue weighted by molar-refractivity contribution is 9.11. The molecule has 0 atom stereocenters. The Morgan fingerprint density at radius 2 is 1.75 bits per heavy atom. The molecule has 1 amide bonds. The van der Waals surface area contributed by atoms with Crippen molar-refractivity contribution in [3.63, 3.8) is 0 Å². The van der Waals surface area contributed by atoms with E-state index in [0.717, 1.165) is 31.0 Å². The lowest BCUT2D eigenvalue weighted by Crippen LogP contribution is -2.12. The zero-order valence-corrected chi connectivity index (χ0v) is 20.0. The van der Waals surface area contributed by atoms with Crippen LogP contribution in [0, 0.1) is 0 Å². The number of hydrogen-bond acceptors (Lipinski definition) is 4. The summed E-state index contributed by atoms with van der Waals surface area (Å²) in [4.78, 5) is 17.6. The summed E-state index contributed by atoms with van der Waals surface area (Å²) in [7, 11) is 1.62. The van der Waals surface area contributed by atoms with Crippen molar-refractivity contribution in [1.29, 1.82) is 0 Å². The first-order chi connectivity index (χ1) is 15.5. The largest absolute Gasteiger partial charge is 0.496 e. The van der Waals surface area contributed by atoms with Crippen LogP contribution in [0.2, 0.25) is 0 Å². The van der Waals surface area contributed by atoms with Crippen LogP contribution in [-0.4, -0.2) is 18.0 Å². The smallest absolute Gasteiger partial charge is 0.256 e. The van der Waals surface area contributed by atoms with E-state index in [0.29, 0.717) is 28.2 Å². The van der Waals surface area contributed by atoms with Gasteiger partial charge in [-0.1, -0.05) is 40.2 Å². The van der Waals surface area contributed by atoms with Gasteiger partial charge in [-0.3, -0.25) is 4.79 Å². The van der Waals surface area contributed by atoms with Gasteiger partial charge in [0.25, 0.3) is 5.91 Å². The Bertz CT molecular complexity index is 1490. The second-order valence-electron chi connectivity index (χ2n) is 7.15. The maximum absolute atomic E-state index is 13.0. The molecule has 7 heteroatoms. The van der Waals surface area contributed by atoms with Crippen molar-refractivity contribution in [3.05, 3.63) is 87.3 Å². The highest BCUT2D eigenvalue weighted by atomic mass is 79.9. The molecule has 0 aliphatic rings. The van der Waals surface area contributed by atoms with E-state index in [-0.39, 0.29) is 5.91 Å². The minimum Gasteiger partial charge on any atom is -0.496 e. The molecule has 0 spiro atoms. The van der Waals surface area contributed by atoms with Crippen LogP contribution in [0.1, 0.15) is 10.4 Å². The van der Waals surface area contributed by atoms with Gasteiger partial charge in [0.15, 0.2) is 5.58 Å². The van der Waals surface area contributed by atoms with Gasteiger partial charge in [0.2, 0.25) is 5.89 Å². The summed E-state index contributed by atoms with van der Waals surface area (Å²) in [6, 6.07) is 22.5. The molecule has 1 aromatic heterocycles. The number of halogens is 2. The summed E-state index contributed by atoms with van der Waals surface area (Å²) in [5, 5.41) is 4.85. The normalized spacial score (nSPS) is 11.1. The van der Waals surface area contributed by atoms with Crippen molar-refractivity contribution in [2.75, 3.05) is 12.4 Å². The third-order valence-corrected chi connectivity index (χ3v) is 6.47. The second kappa shape index (κ2) is 8.41. The van der Waals surface area contributed by atoms with E-state index in [2.05, 4.69) is 42.2 Å². The fraction of sp³-hybridized carbons (Fsp3) is 0.0400. The van der Waals surface area contributed by atoms with Gasteiger partial charge in [-0.15, -0.1) is 0 Å². The number of benzene rings is 4. The molecule has 0 aliphatic heterocycles. The maximum atomic E-state index is 13.0. The van der Waals surface area contributed by atoms with Crippen molar-refractivity contribution in [1.82, 2.24) is 4.98 Å². The standard InChI is InChI=1S/C25H16Br2N2O3/c1-31-22-10-8-14(12-20(22)27)25-29-21-13-15(9-11-23(21)32-25)28-24(30)18-6-2-5-17-16(18)4-3-7-19(17)26/h2-13H,1H3,(H,28,30). The van der Waals surface area contributed by atoms with Crippen molar-refractivity contribution in [2.24, 2.45) is 0 Å². The minimum absolute atomic E-state index is 0.184. The molecule has 5 rings (SSSR count). The minimum atomic E-state index is -0.184. The molecule has 0 saturated heterocycles. The van der Waals surface area contributed by atoms with Crippen molar-refractivity contribution >= 4 is 65.3 Å². The lowest BCUT2D eigenvalue weighted by atomic mass is 10.0. The monoisotopic (exact) mass is 550 g/mol. The first-order valence-corrected chi connectivity index (χ1v) is 11.4. The number of rotatable bonds is 4. The topological polar surface area (TPSA) is 64.4 Å². The number of methoxy groups -OCH3 is 1. The number of ether oxygens (including phenoxy) is 1. The van der Waals surface area contributed by atoms with Crippen LogP contribution in [-0.2, 0) is 0 Å². The quantitative estimate of drug-likeness (QED) is 0.252. The number of carbonyl (C=O) groups is 1. The van der Waals surface area contributed by atoms with E-state index < -0.39 is 0 Å². The molecule has 0 saturated carbocycles. The second-order valence-corrected chi connectivity index (χ2v) is 8.85. The summed E-state index contributed by atoms with van der Waals surface area (Å²) in [6.45, 7) is 0. The van der Waals surface area contributed by atoms with Crippen LogP contribution in [0.4, 0.5) is 5.69 Å². The molecule has 0 fully saturated rings. The SMILES string of the molecule is COc1ccc(-c2nc3cc(NC(=O)c4cccc5c(Br)cccc45)ccc3o2)cc1Br. The van der Waals surface area contributed by atoms with E-state index in [4.69, 9.17) is 9.15 Å². The number of fused-ring (bicyclic) bond motifs is 2. The number of amides is 1. The van der Waals surface area contributed by atoms with Crippen molar-refractivity contribution in [2.45, 2.75) is 0 Å². The summed E-state index contributed by atoms with van der Waals surface area (Å²) < 4.78 is 12.9. The molecule has 158 valence electrons. The predicted octanol–water partition coefficient (Wildman–Crippen LogP) is 7.43. The molecule has 4 aromatic carbocycles. The average molecular weight is 552 g/mol. The summed E-state index contributed by atoms with van der Waals surface area (Å²) in [6.07, 6.45) is 0. The van der Waals surface area contributed by atoms with Gasteiger partial charge in [-0.2, -0.15) is 0 Å². The Morgan fingerprint density at radius 3 is 2.56 bits per heavy atom. The molecule has 5 nitrogen and oxygen atoms in total. The number of aromatic nitrogens is 1. The Balaban J connectivity index is 1.45. The molecule has 32 heavy (non-hydrogen) atoms. The molecule has 5 aromatic rings. The van der Waals surface area contributed by atoms with Crippen molar-refractivity contribution in [3.8, 4) is 17.2 Å². The number of nitrogens with one attached hydrogen (secondary N) is 1. The van der Waals surface area contributed by atoms with Crippen LogP contribution in [0.5, 0.6) is 5.75 Å². The molecular formula is C25H16Br2N2O3. The molecule has 1 heterocycles. The third-order valence-electron chi connectivity index (χ3n) is 5.16. The highest BCUT2D eigenvalue weighted by Crippen LogP contribution is 2.32. The van der Waals surface area contributed by atoms with E-state index >= 15 is 0 Å².